The van der Waals surface area contributed by atoms with Crippen LogP contribution in [0.5, 0.6) is 0 Å². The molecule has 4 rings (SSSR count). The van der Waals surface area contributed by atoms with Crippen LogP contribution in [0.3, 0.4) is 0 Å². The number of nitrogens with zero attached hydrogens (tertiary/aromatic N) is 2. The van der Waals surface area contributed by atoms with Crippen LogP contribution >= 0.6 is 11.6 Å². The van der Waals surface area contributed by atoms with Crippen molar-refractivity contribution in [2.24, 2.45) is 0 Å². The molecule has 2 aromatic carbocycles. The third-order valence-electron chi connectivity index (χ3n) is 5.42. The molecule has 2 aromatic heterocycles. The number of aromatic nitrogens is 2. The molecule has 4 aromatic rings. The number of anilines is 1. The molecule has 0 fully saturated rings. The Morgan fingerprint density at radius 2 is 1.74 bits per heavy atom. The van der Waals surface area contributed by atoms with E-state index in [0.29, 0.717) is 16.4 Å². The fourth-order valence-electron chi connectivity index (χ4n) is 3.60. The van der Waals surface area contributed by atoms with Crippen molar-refractivity contribution in [2.75, 3.05) is 5.32 Å². The van der Waals surface area contributed by atoms with Gasteiger partial charge < -0.3 is 9.88 Å². The van der Waals surface area contributed by atoms with Gasteiger partial charge in [-0.25, -0.2) is 13.4 Å². The first-order valence-corrected chi connectivity index (χ1v) is 12.3. The Labute approximate surface area is 202 Å². The summed E-state index contributed by atoms with van der Waals surface area (Å²) >= 11 is 5.89. The maximum Gasteiger partial charge on any atom is 0.244 e. The second-order valence-corrected chi connectivity index (χ2v) is 10.5. The molecule has 34 heavy (non-hydrogen) atoms. The molecule has 9 heteroatoms. The summed E-state index contributed by atoms with van der Waals surface area (Å²) in [5.41, 5.74) is 2.73. The van der Waals surface area contributed by atoms with Gasteiger partial charge >= 0.3 is 0 Å². The van der Waals surface area contributed by atoms with Crippen molar-refractivity contribution < 1.29 is 13.2 Å². The van der Waals surface area contributed by atoms with E-state index in [1.165, 1.54) is 41.1 Å². The van der Waals surface area contributed by atoms with Crippen LogP contribution in [-0.2, 0) is 21.2 Å². The number of amides is 1. The number of hydrogen-bond donors (Lipinski definition) is 1. The summed E-state index contributed by atoms with van der Waals surface area (Å²) in [5.74, 6) is -0.378. The van der Waals surface area contributed by atoms with Crippen LogP contribution < -0.4 is 10.7 Å². The van der Waals surface area contributed by atoms with Crippen molar-refractivity contribution >= 4 is 44.1 Å². The Balaban J connectivity index is 1.83. The maximum absolute atomic E-state index is 13.3. The number of hydrogen-bond acceptors (Lipinski definition) is 5. The Morgan fingerprint density at radius 1 is 1.03 bits per heavy atom. The first-order chi connectivity index (χ1) is 16.1. The zero-order valence-electron chi connectivity index (χ0n) is 18.8. The van der Waals surface area contributed by atoms with Crippen molar-refractivity contribution in [2.45, 2.75) is 37.1 Å². The van der Waals surface area contributed by atoms with Crippen molar-refractivity contribution in [3.8, 4) is 0 Å². The van der Waals surface area contributed by atoms with E-state index in [1.807, 2.05) is 32.0 Å². The SMILES string of the molecule is Cc1ccc(C)c(NC(=O)Cn2cc(S(=O)(=O)c3ccc(Cl)cc3)c(=O)c3ccc(C)nc32)c1. The standard InChI is InChI=1S/C25H22ClN3O4S/c1-15-4-5-16(2)21(12-15)28-23(30)14-29-13-22(24(31)20-11-6-17(3)27-25(20)29)34(32,33)19-9-7-18(26)8-10-19/h4-13H,14H2,1-3H3,(H,28,30). The highest BCUT2D eigenvalue weighted by molar-refractivity contribution is 7.91. The highest BCUT2D eigenvalue weighted by Crippen LogP contribution is 2.23. The predicted octanol–water partition coefficient (Wildman–Crippen LogP) is 4.45. The Morgan fingerprint density at radius 3 is 2.44 bits per heavy atom. The van der Waals surface area contributed by atoms with E-state index >= 15 is 0 Å². The van der Waals surface area contributed by atoms with Crippen LogP contribution in [0.4, 0.5) is 5.69 Å². The Hall–Kier alpha value is -3.49. The minimum absolute atomic E-state index is 0.0696. The van der Waals surface area contributed by atoms with E-state index in [4.69, 9.17) is 11.6 Å². The molecule has 0 aliphatic carbocycles. The molecule has 0 radical (unpaired) electrons. The summed E-state index contributed by atoms with van der Waals surface area (Å²) < 4.78 is 28.0. The van der Waals surface area contributed by atoms with Crippen molar-refractivity contribution in [3.05, 3.63) is 92.9 Å². The summed E-state index contributed by atoms with van der Waals surface area (Å²) in [6, 6.07) is 14.4. The number of sulfone groups is 1. The zero-order chi connectivity index (χ0) is 24.6. The molecule has 1 amide bonds. The molecular formula is C25H22ClN3O4S. The maximum atomic E-state index is 13.3. The second kappa shape index (κ2) is 9.04. The van der Waals surface area contributed by atoms with Gasteiger partial charge in [0, 0.05) is 22.6 Å². The molecule has 0 spiro atoms. The number of aryl methyl sites for hydroxylation is 3. The molecular weight excluding hydrogens is 474 g/mol. The molecule has 0 unspecified atom stereocenters. The summed E-state index contributed by atoms with van der Waals surface area (Å²) in [6.07, 6.45) is 1.18. The summed E-state index contributed by atoms with van der Waals surface area (Å²) in [6.45, 7) is 5.32. The minimum atomic E-state index is -4.17. The van der Waals surface area contributed by atoms with Crippen LogP contribution in [0.15, 0.2) is 75.4 Å². The highest BCUT2D eigenvalue weighted by atomic mass is 35.5. The lowest BCUT2D eigenvalue weighted by atomic mass is 10.1. The summed E-state index contributed by atoms with van der Waals surface area (Å²) in [7, 11) is -4.17. The molecule has 2 heterocycles. The number of nitrogens with one attached hydrogen (secondary N) is 1. The quantitative estimate of drug-likeness (QED) is 0.441. The van der Waals surface area contributed by atoms with Crippen LogP contribution in [0.25, 0.3) is 11.0 Å². The number of rotatable bonds is 5. The van der Waals surface area contributed by atoms with Crippen LogP contribution in [0.2, 0.25) is 5.02 Å². The van der Waals surface area contributed by atoms with Crippen LogP contribution in [-0.4, -0.2) is 23.9 Å². The largest absolute Gasteiger partial charge is 0.324 e. The fourth-order valence-corrected chi connectivity index (χ4v) is 5.10. The third-order valence-corrected chi connectivity index (χ3v) is 7.44. The molecule has 1 N–H and O–H groups in total. The number of pyridine rings is 2. The lowest BCUT2D eigenvalue weighted by molar-refractivity contribution is -0.116. The van der Waals surface area contributed by atoms with Gasteiger partial charge in [-0.15, -0.1) is 0 Å². The molecule has 0 saturated carbocycles. The van der Waals surface area contributed by atoms with Crippen molar-refractivity contribution in [3.63, 3.8) is 0 Å². The number of benzene rings is 2. The van der Waals surface area contributed by atoms with Gasteiger partial charge in [0.1, 0.15) is 17.1 Å². The molecule has 0 bridgehead atoms. The molecule has 0 aliphatic heterocycles. The van der Waals surface area contributed by atoms with Crippen LogP contribution in [0.1, 0.15) is 16.8 Å². The van der Waals surface area contributed by atoms with E-state index in [2.05, 4.69) is 10.3 Å². The number of fused-ring (bicyclic) bond motifs is 1. The van der Waals surface area contributed by atoms with Gasteiger partial charge in [-0.3, -0.25) is 9.59 Å². The van der Waals surface area contributed by atoms with Crippen molar-refractivity contribution in [1.29, 1.82) is 0 Å². The fraction of sp³-hybridized carbons (Fsp3) is 0.160. The molecule has 0 atom stereocenters. The molecule has 0 saturated heterocycles. The number of carbonyl (C=O) groups is 1. The van der Waals surface area contributed by atoms with E-state index in [9.17, 15) is 18.0 Å². The van der Waals surface area contributed by atoms with Crippen molar-refractivity contribution in [1.82, 2.24) is 9.55 Å². The number of halogens is 1. The third kappa shape index (κ3) is 4.60. The molecule has 7 nitrogen and oxygen atoms in total. The van der Waals surface area contributed by atoms with Gasteiger partial charge in [0.05, 0.1) is 10.3 Å². The van der Waals surface area contributed by atoms with Gasteiger partial charge in [-0.05, 0) is 74.4 Å². The van der Waals surface area contributed by atoms with E-state index in [1.54, 1.807) is 13.0 Å². The molecule has 174 valence electrons. The summed E-state index contributed by atoms with van der Waals surface area (Å²) in [5, 5.41) is 3.34. The van der Waals surface area contributed by atoms with Gasteiger partial charge in [-0.2, -0.15) is 0 Å². The van der Waals surface area contributed by atoms with Gasteiger partial charge in [0.25, 0.3) is 0 Å². The summed E-state index contributed by atoms with van der Waals surface area (Å²) in [4.78, 5) is 30.0. The zero-order valence-corrected chi connectivity index (χ0v) is 20.4. The lowest BCUT2D eigenvalue weighted by Crippen LogP contribution is -2.24. The average molecular weight is 496 g/mol. The van der Waals surface area contributed by atoms with E-state index < -0.39 is 20.2 Å². The monoisotopic (exact) mass is 495 g/mol. The van der Waals surface area contributed by atoms with Gasteiger partial charge in [0.15, 0.2) is 0 Å². The smallest absolute Gasteiger partial charge is 0.244 e. The van der Waals surface area contributed by atoms with Crippen LogP contribution in [0, 0.1) is 20.8 Å². The van der Waals surface area contributed by atoms with Gasteiger partial charge in [-0.1, -0.05) is 23.7 Å². The minimum Gasteiger partial charge on any atom is -0.324 e. The highest BCUT2D eigenvalue weighted by Gasteiger charge is 2.25. The normalized spacial score (nSPS) is 11.5. The lowest BCUT2D eigenvalue weighted by Gasteiger charge is -2.15. The van der Waals surface area contributed by atoms with E-state index in [-0.39, 0.29) is 28.4 Å². The second-order valence-electron chi connectivity index (χ2n) is 8.10. The Kier molecular flexibility index (Phi) is 6.29. The molecule has 0 aliphatic rings. The Bertz CT molecular complexity index is 1590. The first kappa shape index (κ1) is 23.7. The number of carbonyl (C=O) groups excluding carboxylic acids is 1. The first-order valence-electron chi connectivity index (χ1n) is 10.4. The van der Waals surface area contributed by atoms with E-state index in [0.717, 1.165) is 11.1 Å². The van der Waals surface area contributed by atoms with Gasteiger partial charge in [0.2, 0.25) is 21.2 Å². The topological polar surface area (TPSA) is 98.1 Å². The average Bonchev–Trinajstić information content (AvgIpc) is 2.78. The predicted molar refractivity (Wildman–Crippen MR) is 132 cm³/mol.